The van der Waals surface area contributed by atoms with Gasteiger partial charge in [-0.2, -0.15) is 5.10 Å². The number of methoxy groups -OCH3 is 4. The number of ether oxygens (including phenoxy) is 7. The topological polar surface area (TPSA) is 173 Å². The molecule has 3 aromatic carbocycles. The van der Waals surface area contributed by atoms with Crippen LogP contribution >= 0.6 is 0 Å². The van der Waals surface area contributed by atoms with Crippen molar-refractivity contribution in [3.8, 4) is 34.5 Å². The van der Waals surface area contributed by atoms with Gasteiger partial charge in [0.25, 0.3) is 11.8 Å². The van der Waals surface area contributed by atoms with Crippen molar-refractivity contribution in [1.82, 2.24) is 10.4 Å². The summed E-state index contributed by atoms with van der Waals surface area (Å²) in [6.45, 7) is 0.636. The molecule has 16 heteroatoms. The maximum absolute atomic E-state index is 14.6. The largest absolute Gasteiger partial charge is 0.497 e. The average Bonchev–Trinajstić information content (AvgIpc) is 3.93. The number of anilines is 1. The Morgan fingerprint density at radius 3 is 2.20 bits per heavy atom. The lowest BCUT2D eigenvalue weighted by atomic mass is 9.65. The van der Waals surface area contributed by atoms with Crippen LogP contribution in [0.25, 0.3) is 0 Å². The van der Waals surface area contributed by atoms with Gasteiger partial charge in [-0.15, -0.1) is 5.06 Å². The fourth-order valence-electron chi connectivity index (χ4n) is 7.26. The van der Waals surface area contributed by atoms with Crippen LogP contribution in [0.4, 0.5) is 5.69 Å². The van der Waals surface area contributed by atoms with E-state index < -0.39 is 29.6 Å². The molecule has 1 fully saturated rings. The van der Waals surface area contributed by atoms with Crippen LogP contribution in [0.15, 0.2) is 53.6 Å². The minimum Gasteiger partial charge on any atom is -0.497 e. The van der Waals surface area contributed by atoms with Crippen LogP contribution in [0, 0.1) is 11.8 Å². The average molecular weight is 745 g/mol. The molecule has 0 bridgehead atoms. The van der Waals surface area contributed by atoms with Crippen LogP contribution in [0.1, 0.15) is 41.9 Å². The van der Waals surface area contributed by atoms with Crippen LogP contribution in [-0.4, -0.2) is 96.0 Å². The number of carbonyl (C=O) groups is 4. The monoisotopic (exact) mass is 744 g/mol. The van der Waals surface area contributed by atoms with Crippen molar-refractivity contribution >= 4 is 35.1 Å². The molecule has 1 aliphatic carbocycles. The van der Waals surface area contributed by atoms with Gasteiger partial charge in [-0.05, 0) is 59.7 Å². The third-order valence-corrected chi connectivity index (χ3v) is 9.81. The van der Waals surface area contributed by atoms with Gasteiger partial charge in [-0.3, -0.25) is 19.4 Å². The lowest BCUT2D eigenvalue weighted by molar-refractivity contribution is -0.198. The summed E-state index contributed by atoms with van der Waals surface area (Å²) in [4.78, 5) is 55.2. The Morgan fingerprint density at radius 2 is 1.56 bits per heavy atom. The highest BCUT2D eigenvalue weighted by molar-refractivity contribution is 6.10. The standard InChI is InChI=1S/C38H40N4O12/c1-47-23-7-5-22(6-8-23)41-19-26-35(38(46)39-12-14-51-13-11-33(45)54-42-31(43)9-10-32(42)44)34(21-15-29(48-2)37(50-4)30(16-21)49-3)24-17-27-28(53-20-52-27)18-25(24)36(26)40-41/h5-8,15-18,26,34-35H,9-14,19-20H2,1-4H3,(H,39,46)/t26-,34+,35-/m0/s1. The van der Waals surface area contributed by atoms with Gasteiger partial charge in [-0.1, -0.05) is 0 Å². The molecule has 284 valence electrons. The second-order valence-corrected chi connectivity index (χ2v) is 12.8. The second-order valence-electron chi connectivity index (χ2n) is 12.8. The van der Waals surface area contributed by atoms with Gasteiger partial charge < -0.3 is 43.3 Å². The molecule has 3 atom stereocenters. The molecule has 1 saturated heterocycles. The molecule has 54 heavy (non-hydrogen) atoms. The van der Waals surface area contributed by atoms with E-state index >= 15 is 0 Å². The Hall–Kier alpha value is -6.03. The lowest BCUT2D eigenvalue weighted by Crippen LogP contribution is -2.46. The van der Waals surface area contributed by atoms with Crippen molar-refractivity contribution in [2.24, 2.45) is 16.9 Å². The van der Waals surface area contributed by atoms with E-state index in [4.69, 9.17) is 43.1 Å². The van der Waals surface area contributed by atoms with E-state index in [1.165, 1.54) is 21.3 Å². The van der Waals surface area contributed by atoms with E-state index in [1.807, 2.05) is 53.5 Å². The number of carbonyl (C=O) groups excluding carboxylic acids is 4. The van der Waals surface area contributed by atoms with Crippen LogP contribution < -0.4 is 38.7 Å². The van der Waals surface area contributed by atoms with Gasteiger partial charge in [0.2, 0.25) is 18.4 Å². The van der Waals surface area contributed by atoms with Gasteiger partial charge >= 0.3 is 5.97 Å². The summed E-state index contributed by atoms with van der Waals surface area (Å²) < 4.78 is 39.7. The third kappa shape index (κ3) is 6.91. The number of hydrazone groups is 1. The van der Waals surface area contributed by atoms with Gasteiger partial charge in [0.1, 0.15) is 5.75 Å². The number of nitrogens with one attached hydrogen (secondary N) is 1. The number of rotatable bonds is 14. The first kappa shape index (κ1) is 36.3. The summed E-state index contributed by atoms with van der Waals surface area (Å²) in [5, 5.41) is 10.5. The first-order chi connectivity index (χ1) is 26.2. The van der Waals surface area contributed by atoms with Gasteiger partial charge in [-0.25, -0.2) is 4.79 Å². The minimum absolute atomic E-state index is 0.00735. The number of fused-ring (bicyclic) bond motifs is 4. The predicted molar refractivity (Wildman–Crippen MR) is 190 cm³/mol. The highest BCUT2D eigenvalue weighted by Crippen LogP contribution is 2.52. The Balaban J connectivity index is 1.17. The smallest absolute Gasteiger partial charge is 0.335 e. The molecule has 0 radical (unpaired) electrons. The van der Waals surface area contributed by atoms with E-state index in [-0.39, 0.29) is 57.6 Å². The van der Waals surface area contributed by atoms with Crippen LogP contribution in [-0.2, 0) is 28.8 Å². The molecule has 7 rings (SSSR count). The second kappa shape index (κ2) is 15.5. The number of amides is 3. The Kier molecular flexibility index (Phi) is 10.4. The van der Waals surface area contributed by atoms with E-state index in [0.29, 0.717) is 46.1 Å². The van der Waals surface area contributed by atoms with E-state index in [1.54, 1.807) is 7.11 Å². The summed E-state index contributed by atoms with van der Waals surface area (Å²) >= 11 is 0. The lowest BCUT2D eigenvalue weighted by Gasteiger charge is -2.38. The first-order valence-electron chi connectivity index (χ1n) is 17.4. The molecule has 3 aliphatic heterocycles. The molecule has 1 N–H and O–H groups in total. The van der Waals surface area contributed by atoms with E-state index in [2.05, 4.69) is 5.32 Å². The van der Waals surface area contributed by atoms with E-state index in [9.17, 15) is 19.2 Å². The first-order valence-corrected chi connectivity index (χ1v) is 17.4. The Bertz CT molecular complexity index is 1940. The fraction of sp³-hybridized carbons (Fsp3) is 0.395. The third-order valence-electron chi connectivity index (χ3n) is 9.81. The molecule has 0 unspecified atom stereocenters. The van der Waals surface area contributed by atoms with Crippen molar-refractivity contribution in [2.45, 2.75) is 25.2 Å². The summed E-state index contributed by atoms with van der Waals surface area (Å²) in [6.07, 6.45) is -0.173. The van der Waals surface area contributed by atoms with Crippen LogP contribution in [0.5, 0.6) is 34.5 Å². The summed E-state index contributed by atoms with van der Waals surface area (Å²) in [5.74, 6) is -0.597. The van der Waals surface area contributed by atoms with Crippen molar-refractivity contribution in [3.63, 3.8) is 0 Å². The molecule has 3 aromatic rings. The molecule has 3 heterocycles. The highest BCUT2D eigenvalue weighted by Gasteiger charge is 2.49. The zero-order valence-electron chi connectivity index (χ0n) is 30.2. The maximum Gasteiger partial charge on any atom is 0.335 e. The molecule has 16 nitrogen and oxygen atoms in total. The summed E-state index contributed by atoms with van der Waals surface area (Å²) in [7, 11) is 6.21. The number of hydrogen-bond donors (Lipinski definition) is 1. The van der Waals surface area contributed by atoms with Crippen LogP contribution in [0.2, 0.25) is 0 Å². The molecule has 4 aliphatic rings. The number of benzene rings is 3. The normalized spacial score (nSPS) is 19.6. The summed E-state index contributed by atoms with van der Waals surface area (Å²) in [5.41, 5.74) is 3.94. The Morgan fingerprint density at radius 1 is 0.870 bits per heavy atom. The van der Waals surface area contributed by atoms with Crippen molar-refractivity contribution < 1.29 is 57.2 Å². The Labute approximate surface area is 310 Å². The number of hydrogen-bond acceptors (Lipinski definition) is 14. The molecule has 0 spiro atoms. The SMILES string of the molecule is COc1ccc(N2C[C@@H]3C(=N2)c2cc4c(cc2[C@@H](c2cc(OC)c(OC)c(OC)c2)[C@H]3C(=O)NCCOCCC(=O)ON2C(=O)CCC2=O)OCO4)cc1. The molecule has 3 amide bonds. The maximum atomic E-state index is 14.6. The quantitative estimate of drug-likeness (QED) is 0.189. The summed E-state index contributed by atoms with van der Waals surface area (Å²) in [6, 6.07) is 15.1. The molecular formula is C38H40N4O12. The fourth-order valence-corrected chi connectivity index (χ4v) is 7.26. The minimum atomic E-state index is -0.771. The van der Waals surface area contributed by atoms with Gasteiger partial charge in [0, 0.05) is 36.8 Å². The van der Waals surface area contributed by atoms with Gasteiger partial charge in [0.15, 0.2) is 23.0 Å². The van der Waals surface area contributed by atoms with Crippen molar-refractivity contribution in [1.29, 1.82) is 0 Å². The van der Waals surface area contributed by atoms with Crippen molar-refractivity contribution in [2.75, 3.05) is 66.5 Å². The van der Waals surface area contributed by atoms with Crippen LogP contribution in [0.3, 0.4) is 0 Å². The number of hydroxylamine groups is 2. The molecular weight excluding hydrogens is 704 g/mol. The van der Waals surface area contributed by atoms with Crippen molar-refractivity contribution in [3.05, 3.63) is 65.2 Å². The zero-order valence-corrected chi connectivity index (χ0v) is 30.2. The zero-order chi connectivity index (χ0) is 37.9. The molecule has 0 saturated carbocycles. The highest BCUT2D eigenvalue weighted by atomic mass is 16.7. The number of imide groups is 1. The molecule has 0 aromatic heterocycles. The predicted octanol–water partition coefficient (Wildman–Crippen LogP) is 3.18. The van der Waals surface area contributed by atoms with Gasteiger partial charge in [0.05, 0.1) is 71.9 Å². The number of nitrogens with zero attached hydrogens (tertiary/aromatic N) is 3. The van der Waals surface area contributed by atoms with E-state index in [0.717, 1.165) is 28.1 Å².